The minimum atomic E-state index is -0.361. The predicted molar refractivity (Wildman–Crippen MR) is 80.0 cm³/mol. The first kappa shape index (κ1) is 14.7. The molecule has 0 saturated carbocycles. The van der Waals surface area contributed by atoms with Gasteiger partial charge >= 0.3 is 0 Å². The summed E-state index contributed by atoms with van der Waals surface area (Å²) in [5.41, 5.74) is 1.21. The second-order valence-corrected chi connectivity index (χ2v) is 5.03. The maximum Gasteiger partial charge on any atom is 0.269 e. The van der Waals surface area contributed by atoms with Gasteiger partial charge in [-0.25, -0.2) is 0 Å². The maximum absolute atomic E-state index is 10.6. The number of anilines is 1. The molecule has 1 heterocycles. The van der Waals surface area contributed by atoms with E-state index in [0.717, 1.165) is 38.4 Å². The summed E-state index contributed by atoms with van der Waals surface area (Å²) in [5.74, 6) is 0. The number of hydrogen-bond donors (Lipinski definition) is 1. The van der Waals surface area contributed by atoms with Crippen molar-refractivity contribution in [3.63, 3.8) is 0 Å². The summed E-state index contributed by atoms with van der Waals surface area (Å²) >= 11 is 0. The molecule has 1 aromatic rings. The number of nitrogens with zero attached hydrogens (tertiary/aromatic N) is 3. The minimum absolute atomic E-state index is 0.146. The van der Waals surface area contributed by atoms with E-state index in [9.17, 15) is 10.1 Å². The highest BCUT2D eigenvalue weighted by Crippen LogP contribution is 2.20. The summed E-state index contributed by atoms with van der Waals surface area (Å²) in [7, 11) is 0. The number of piperazine rings is 1. The zero-order chi connectivity index (χ0) is 14.5. The average Bonchev–Trinajstić information content (AvgIpc) is 2.48. The van der Waals surface area contributed by atoms with Gasteiger partial charge in [0.05, 0.1) is 11.1 Å². The molecule has 0 aliphatic carbocycles. The summed E-state index contributed by atoms with van der Waals surface area (Å²) in [6, 6.07) is 6.81. The number of nitro benzene ring substituents is 1. The fraction of sp³-hybridized carbons (Fsp3) is 0.571. The van der Waals surface area contributed by atoms with Gasteiger partial charge in [0.25, 0.3) is 5.69 Å². The molecule has 1 atom stereocenters. The van der Waals surface area contributed by atoms with Gasteiger partial charge in [-0.15, -0.1) is 0 Å². The van der Waals surface area contributed by atoms with Crippen molar-refractivity contribution in [1.29, 1.82) is 0 Å². The van der Waals surface area contributed by atoms with Crippen LogP contribution in [0.25, 0.3) is 0 Å². The van der Waals surface area contributed by atoms with Gasteiger partial charge in [-0.05, 0) is 25.6 Å². The first-order chi connectivity index (χ1) is 9.61. The van der Waals surface area contributed by atoms with Gasteiger partial charge in [-0.3, -0.25) is 15.0 Å². The first-order valence-electron chi connectivity index (χ1n) is 7.08. The van der Waals surface area contributed by atoms with Crippen molar-refractivity contribution in [3.8, 4) is 0 Å². The van der Waals surface area contributed by atoms with Crippen LogP contribution >= 0.6 is 0 Å². The van der Waals surface area contributed by atoms with Crippen molar-refractivity contribution >= 4 is 11.4 Å². The van der Waals surface area contributed by atoms with E-state index in [1.165, 1.54) is 0 Å². The molecule has 1 aromatic carbocycles. The molecule has 1 aliphatic heterocycles. The Morgan fingerprint density at radius 2 is 1.85 bits per heavy atom. The quantitative estimate of drug-likeness (QED) is 0.656. The average molecular weight is 278 g/mol. The Hall–Kier alpha value is -1.66. The van der Waals surface area contributed by atoms with Crippen molar-refractivity contribution in [1.82, 2.24) is 10.2 Å². The van der Waals surface area contributed by atoms with Gasteiger partial charge in [-0.1, -0.05) is 6.92 Å². The number of non-ortho nitro benzene ring substituents is 1. The van der Waals surface area contributed by atoms with Crippen LogP contribution in [0.1, 0.15) is 13.8 Å². The molecule has 1 fully saturated rings. The van der Waals surface area contributed by atoms with Crippen molar-refractivity contribution in [2.45, 2.75) is 20.0 Å². The molecule has 1 N–H and O–H groups in total. The first-order valence-corrected chi connectivity index (χ1v) is 7.08. The number of benzene rings is 1. The Morgan fingerprint density at radius 3 is 2.35 bits per heavy atom. The van der Waals surface area contributed by atoms with Gasteiger partial charge in [0, 0.05) is 44.0 Å². The predicted octanol–water partition coefficient (Wildman–Crippen LogP) is 1.67. The molecule has 20 heavy (non-hydrogen) atoms. The normalized spacial score (nSPS) is 18.0. The lowest BCUT2D eigenvalue weighted by molar-refractivity contribution is -0.384. The minimum Gasteiger partial charge on any atom is -0.369 e. The van der Waals surface area contributed by atoms with Gasteiger partial charge in [0.15, 0.2) is 0 Å². The van der Waals surface area contributed by atoms with E-state index >= 15 is 0 Å². The Bertz CT molecular complexity index is 441. The largest absolute Gasteiger partial charge is 0.369 e. The molecule has 110 valence electrons. The Morgan fingerprint density at radius 1 is 1.25 bits per heavy atom. The smallest absolute Gasteiger partial charge is 0.269 e. The van der Waals surface area contributed by atoms with Crippen LogP contribution in [-0.2, 0) is 0 Å². The molecule has 0 aromatic heterocycles. The lowest BCUT2D eigenvalue weighted by atomic mass is 10.2. The van der Waals surface area contributed by atoms with E-state index in [2.05, 4.69) is 29.0 Å². The van der Waals surface area contributed by atoms with Crippen LogP contribution in [-0.4, -0.2) is 48.7 Å². The van der Waals surface area contributed by atoms with Crippen LogP contribution < -0.4 is 10.2 Å². The molecule has 0 radical (unpaired) electrons. The second kappa shape index (κ2) is 6.67. The lowest BCUT2D eigenvalue weighted by Crippen LogP contribution is -2.53. The van der Waals surface area contributed by atoms with Gasteiger partial charge < -0.3 is 10.2 Å². The van der Waals surface area contributed by atoms with E-state index in [1.54, 1.807) is 12.1 Å². The highest BCUT2D eigenvalue weighted by atomic mass is 16.6. The molecule has 0 bridgehead atoms. The molecule has 0 spiro atoms. The standard InChI is InChI=1S/C14H22N4O2/c1-3-15-12(2)16-8-10-17(11-9-16)13-4-6-14(7-5-13)18(19)20/h4-7,12,15H,3,8-11H2,1-2H3. The van der Waals surface area contributed by atoms with Crippen LogP contribution in [0.5, 0.6) is 0 Å². The molecular weight excluding hydrogens is 256 g/mol. The Balaban J connectivity index is 1.91. The summed E-state index contributed by atoms with van der Waals surface area (Å²) in [6.45, 7) is 9.19. The fourth-order valence-electron chi connectivity index (χ4n) is 2.58. The molecule has 0 amide bonds. The SMILES string of the molecule is CCNC(C)N1CCN(c2ccc([N+](=O)[O-])cc2)CC1. The van der Waals surface area contributed by atoms with Crippen LogP contribution in [0.3, 0.4) is 0 Å². The van der Waals surface area contributed by atoms with E-state index < -0.39 is 0 Å². The zero-order valence-electron chi connectivity index (χ0n) is 12.1. The summed E-state index contributed by atoms with van der Waals surface area (Å²) in [6.07, 6.45) is 0.402. The summed E-state index contributed by atoms with van der Waals surface area (Å²) < 4.78 is 0. The topological polar surface area (TPSA) is 61.6 Å². The van der Waals surface area contributed by atoms with Crippen LogP contribution in [0.2, 0.25) is 0 Å². The number of nitro groups is 1. The van der Waals surface area contributed by atoms with E-state index in [-0.39, 0.29) is 10.6 Å². The summed E-state index contributed by atoms with van der Waals surface area (Å²) in [5, 5.41) is 14.1. The molecule has 1 saturated heterocycles. The van der Waals surface area contributed by atoms with Gasteiger partial charge in [0.2, 0.25) is 0 Å². The van der Waals surface area contributed by atoms with Crippen molar-refractivity contribution in [3.05, 3.63) is 34.4 Å². The molecule has 6 heteroatoms. The van der Waals surface area contributed by atoms with Crippen LogP contribution in [0.4, 0.5) is 11.4 Å². The van der Waals surface area contributed by atoms with Crippen LogP contribution in [0.15, 0.2) is 24.3 Å². The monoisotopic (exact) mass is 278 g/mol. The summed E-state index contributed by atoms with van der Waals surface area (Å²) in [4.78, 5) is 15.0. The zero-order valence-corrected chi connectivity index (χ0v) is 12.1. The molecule has 1 unspecified atom stereocenters. The number of hydrogen-bond acceptors (Lipinski definition) is 5. The van der Waals surface area contributed by atoms with Gasteiger partial charge in [-0.2, -0.15) is 0 Å². The molecule has 2 rings (SSSR count). The fourth-order valence-corrected chi connectivity index (χ4v) is 2.58. The highest BCUT2D eigenvalue weighted by Gasteiger charge is 2.20. The van der Waals surface area contributed by atoms with E-state index in [0.29, 0.717) is 6.17 Å². The van der Waals surface area contributed by atoms with Gasteiger partial charge in [0.1, 0.15) is 0 Å². The van der Waals surface area contributed by atoms with Crippen LogP contribution in [0, 0.1) is 10.1 Å². The molecule has 1 aliphatic rings. The Labute approximate surface area is 119 Å². The molecule has 6 nitrogen and oxygen atoms in total. The highest BCUT2D eigenvalue weighted by molar-refractivity contribution is 5.51. The number of nitrogens with one attached hydrogen (secondary N) is 1. The van der Waals surface area contributed by atoms with E-state index in [4.69, 9.17) is 0 Å². The van der Waals surface area contributed by atoms with Crippen molar-refractivity contribution < 1.29 is 4.92 Å². The number of rotatable bonds is 5. The Kier molecular flexibility index (Phi) is 4.92. The lowest BCUT2D eigenvalue weighted by Gasteiger charge is -2.39. The second-order valence-electron chi connectivity index (χ2n) is 5.03. The third kappa shape index (κ3) is 3.46. The third-order valence-electron chi connectivity index (χ3n) is 3.79. The van der Waals surface area contributed by atoms with Crippen molar-refractivity contribution in [2.24, 2.45) is 0 Å². The molecular formula is C14H22N4O2. The maximum atomic E-state index is 10.6. The van der Waals surface area contributed by atoms with Crippen molar-refractivity contribution in [2.75, 3.05) is 37.6 Å². The third-order valence-corrected chi connectivity index (χ3v) is 3.79. The van der Waals surface area contributed by atoms with E-state index in [1.807, 2.05) is 12.1 Å².